The molecule has 1 aromatic rings. The third-order valence-corrected chi connectivity index (χ3v) is 4.36. The number of alkyl carbamates (subject to hydrolysis) is 1. The van der Waals surface area contributed by atoms with Crippen molar-refractivity contribution in [3.8, 4) is 0 Å². The highest BCUT2D eigenvalue weighted by Gasteiger charge is 2.35. The van der Waals surface area contributed by atoms with E-state index in [0.29, 0.717) is 19.5 Å². The number of carboxylic acids is 1. The number of ether oxygens (including phenoxy) is 2. The number of hydrogen-bond donors (Lipinski definition) is 2. The molecular formula is C20H28N2O6. The van der Waals surface area contributed by atoms with Crippen LogP contribution in [0.15, 0.2) is 30.3 Å². The number of hydrogen-bond acceptors (Lipinski definition) is 5. The van der Waals surface area contributed by atoms with Crippen molar-refractivity contribution < 1.29 is 29.0 Å². The van der Waals surface area contributed by atoms with E-state index < -0.39 is 29.8 Å². The van der Waals surface area contributed by atoms with E-state index in [4.69, 9.17) is 9.47 Å². The Morgan fingerprint density at radius 2 is 1.93 bits per heavy atom. The lowest BCUT2D eigenvalue weighted by Gasteiger charge is -2.26. The molecule has 8 heteroatoms. The second-order valence-electron chi connectivity index (χ2n) is 7.89. The number of nitrogens with one attached hydrogen (secondary N) is 1. The first-order valence-electron chi connectivity index (χ1n) is 9.31. The van der Waals surface area contributed by atoms with Crippen LogP contribution in [0.25, 0.3) is 0 Å². The summed E-state index contributed by atoms with van der Waals surface area (Å²) >= 11 is 0. The quantitative estimate of drug-likeness (QED) is 0.771. The van der Waals surface area contributed by atoms with Crippen LogP contribution in [0, 0.1) is 5.92 Å². The summed E-state index contributed by atoms with van der Waals surface area (Å²) in [6, 6.07) is 8.58. The summed E-state index contributed by atoms with van der Waals surface area (Å²) in [5.74, 6) is -1.21. The maximum atomic E-state index is 12.2. The van der Waals surface area contributed by atoms with Crippen molar-refractivity contribution in [2.24, 2.45) is 5.92 Å². The molecule has 154 valence electrons. The Hall–Kier alpha value is -2.77. The first kappa shape index (κ1) is 21.5. The standard InChI is InChI=1S/C20H28N2O6/c1-20(2,3)28-19(26)22-10-9-15(12-22)16(11-17(23)24)21-18(25)27-13-14-7-5-4-6-8-14/h4-8,15-16H,9-13H2,1-3H3,(H,21,25)(H,23,24)/t15-,16+/m0/s1. The summed E-state index contributed by atoms with van der Waals surface area (Å²) in [4.78, 5) is 37.1. The van der Waals surface area contributed by atoms with Crippen molar-refractivity contribution in [1.82, 2.24) is 10.2 Å². The molecule has 2 N–H and O–H groups in total. The van der Waals surface area contributed by atoms with E-state index >= 15 is 0 Å². The number of aliphatic carboxylic acids is 1. The van der Waals surface area contributed by atoms with Crippen LogP contribution >= 0.6 is 0 Å². The molecule has 2 rings (SSSR count). The van der Waals surface area contributed by atoms with Crippen molar-refractivity contribution in [3.63, 3.8) is 0 Å². The maximum absolute atomic E-state index is 12.2. The molecule has 0 spiro atoms. The Morgan fingerprint density at radius 3 is 2.54 bits per heavy atom. The van der Waals surface area contributed by atoms with Crippen LogP contribution in [0.4, 0.5) is 9.59 Å². The Balaban J connectivity index is 1.91. The van der Waals surface area contributed by atoms with Gasteiger partial charge in [-0.2, -0.15) is 0 Å². The van der Waals surface area contributed by atoms with Gasteiger partial charge in [0.25, 0.3) is 0 Å². The van der Waals surface area contributed by atoms with Crippen LogP contribution in [0.2, 0.25) is 0 Å². The zero-order chi connectivity index (χ0) is 20.7. The topological polar surface area (TPSA) is 105 Å². The average Bonchev–Trinajstić information content (AvgIpc) is 3.09. The second kappa shape index (κ2) is 9.43. The van der Waals surface area contributed by atoms with Gasteiger partial charge in [-0.05, 0) is 38.7 Å². The van der Waals surface area contributed by atoms with E-state index in [1.165, 1.54) is 0 Å². The summed E-state index contributed by atoms with van der Waals surface area (Å²) in [6.07, 6.45) is -0.773. The SMILES string of the molecule is CC(C)(C)OC(=O)N1CC[C@H]([C@@H](CC(=O)O)NC(=O)OCc2ccccc2)C1. The molecule has 0 aromatic heterocycles. The lowest BCUT2D eigenvalue weighted by atomic mass is 9.96. The number of likely N-dealkylation sites (tertiary alicyclic amines) is 1. The molecule has 2 amide bonds. The van der Waals surface area contributed by atoms with E-state index in [1.54, 1.807) is 25.7 Å². The first-order valence-corrected chi connectivity index (χ1v) is 9.31. The van der Waals surface area contributed by atoms with Crippen LogP contribution in [0.1, 0.15) is 39.2 Å². The van der Waals surface area contributed by atoms with Gasteiger partial charge in [-0.25, -0.2) is 9.59 Å². The number of benzene rings is 1. The van der Waals surface area contributed by atoms with E-state index in [-0.39, 0.29) is 18.9 Å². The number of nitrogens with zero attached hydrogens (tertiary/aromatic N) is 1. The van der Waals surface area contributed by atoms with E-state index in [1.807, 2.05) is 30.3 Å². The molecule has 0 aliphatic carbocycles. The molecule has 0 saturated carbocycles. The molecule has 0 bridgehead atoms. The molecule has 1 fully saturated rings. The molecule has 0 unspecified atom stereocenters. The van der Waals surface area contributed by atoms with Crippen molar-refractivity contribution in [2.45, 2.75) is 51.9 Å². The molecular weight excluding hydrogens is 364 g/mol. The Morgan fingerprint density at radius 1 is 1.25 bits per heavy atom. The molecule has 8 nitrogen and oxygen atoms in total. The Bertz CT molecular complexity index is 686. The zero-order valence-corrected chi connectivity index (χ0v) is 16.5. The second-order valence-corrected chi connectivity index (χ2v) is 7.89. The Kier molecular flexibility index (Phi) is 7.25. The minimum Gasteiger partial charge on any atom is -0.481 e. The molecule has 1 aromatic carbocycles. The van der Waals surface area contributed by atoms with Gasteiger partial charge in [-0.1, -0.05) is 30.3 Å². The lowest BCUT2D eigenvalue weighted by Crippen LogP contribution is -2.43. The number of amides is 2. The van der Waals surface area contributed by atoms with Crippen molar-refractivity contribution in [2.75, 3.05) is 13.1 Å². The van der Waals surface area contributed by atoms with Gasteiger partial charge >= 0.3 is 18.2 Å². The third kappa shape index (κ3) is 7.09. The normalized spacial score (nSPS) is 17.7. The molecule has 28 heavy (non-hydrogen) atoms. The van der Waals surface area contributed by atoms with Crippen LogP contribution < -0.4 is 5.32 Å². The fourth-order valence-electron chi connectivity index (χ4n) is 3.05. The van der Waals surface area contributed by atoms with Gasteiger partial charge in [0, 0.05) is 19.1 Å². The smallest absolute Gasteiger partial charge is 0.410 e. The summed E-state index contributed by atoms with van der Waals surface area (Å²) in [5.41, 5.74) is 0.235. The molecule has 2 atom stereocenters. The largest absolute Gasteiger partial charge is 0.481 e. The fourth-order valence-corrected chi connectivity index (χ4v) is 3.05. The number of carbonyl (C=O) groups excluding carboxylic acids is 2. The van der Waals surface area contributed by atoms with Crippen molar-refractivity contribution >= 4 is 18.2 Å². The monoisotopic (exact) mass is 392 g/mol. The van der Waals surface area contributed by atoms with Crippen LogP contribution in [0.5, 0.6) is 0 Å². The maximum Gasteiger partial charge on any atom is 0.410 e. The molecule has 1 heterocycles. The van der Waals surface area contributed by atoms with Gasteiger partial charge in [-0.3, -0.25) is 4.79 Å². The van der Waals surface area contributed by atoms with E-state index in [9.17, 15) is 19.5 Å². The summed E-state index contributed by atoms with van der Waals surface area (Å²) in [6.45, 7) is 6.24. The summed E-state index contributed by atoms with van der Waals surface area (Å²) in [5, 5.41) is 11.8. The molecule has 0 radical (unpaired) electrons. The highest BCUT2D eigenvalue weighted by atomic mass is 16.6. The number of carbonyl (C=O) groups is 3. The molecule has 1 aliphatic heterocycles. The van der Waals surface area contributed by atoms with E-state index in [0.717, 1.165) is 5.56 Å². The minimum atomic E-state index is -1.02. The highest BCUT2D eigenvalue weighted by molar-refractivity contribution is 5.72. The van der Waals surface area contributed by atoms with Crippen LogP contribution in [0.3, 0.4) is 0 Å². The predicted octanol–water partition coefficient (Wildman–Crippen LogP) is 3.01. The van der Waals surface area contributed by atoms with Gasteiger partial charge in [0.2, 0.25) is 0 Å². The van der Waals surface area contributed by atoms with Gasteiger partial charge in [0.05, 0.1) is 6.42 Å². The number of rotatable bonds is 6. The predicted molar refractivity (Wildman–Crippen MR) is 102 cm³/mol. The molecule has 1 saturated heterocycles. The first-order chi connectivity index (χ1) is 13.1. The number of carboxylic acid groups (broad SMARTS) is 1. The van der Waals surface area contributed by atoms with Crippen LogP contribution in [-0.4, -0.2) is 52.9 Å². The van der Waals surface area contributed by atoms with Gasteiger partial charge in [0.1, 0.15) is 12.2 Å². The van der Waals surface area contributed by atoms with Gasteiger partial charge < -0.3 is 24.8 Å². The third-order valence-electron chi connectivity index (χ3n) is 4.36. The Labute approximate surface area is 164 Å². The van der Waals surface area contributed by atoms with Gasteiger partial charge in [0.15, 0.2) is 0 Å². The fraction of sp³-hybridized carbons (Fsp3) is 0.550. The van der Waals surface area contributed by atoms with Crippen molar-refractivity contribution in [1.29, 1.82) is 0 Å². The molecule has 1 aliphatic rings. The summed E-state index contributed by atoms with van der Waals surface area (Å²) < 4.78 is 10.5. The summed E-state index contributed by atoms with van der Waals surface area (Å²) in [7, 11) is 0. The van der Waals surface area contributed by atoms with E-state index in [2.05, 4.69) is 5.32 Å². The zero-order valence-electron chi connectivity index (χ0n) is 16.5. The average molecular weight is 392 g/mol. The highest BCUT2D eigenvalue weighted by Crippen LogP contribution is 2.24. The van der Waals surface area contributed by atoms with Gasteiger partial charge in [-0.15, -0.1) is 0 Å². The lowest BCUT2D eigenvalue weighted by molar-refractivity contribution is -0.137. The van der Waals surface area contributed by atoms with Crippen LogP contribution in [-0.2, 0) is 20.9 Å². The van der Waals surface area contributed by atoms with Crippen molar-refractivity contribution in [3.05, 3.63) is 35.9 Å². The minimum absolute atomic E-state index is 0.0984.